The third-order valence-electron chi connectivity index (χ3n) is 4.67. The number of benzene rings is 2. The highest BCUT2D eigenvalue weighted by Gasteiger charge is 2.14. The summed E-state index contributed by atoms with van der Waals surface area (Å²) in [6.45, 7) is 6.77. The number of nitriles is 1. The monoisotopic (exact) mass is 512 g/mol. The minimum absolute atomic E-state index is 0.0685. The highest BCUT2D eigenvalue weighted by atomic mass is 35.5. The number of amides is 1. The van der Waals surface area contributed by atoms with Crippen molar-refractivity contribution < 1.29 is 19.0 Å². The van der Waals surface area contributed by atoms with Crippen LogP contribution in [0.2, 0.25) is 5.02 Å². The highest BCUT2D eigenvalue weighted by molar-refractivity contribution is 7.15. The van der Waals surface area contributed by atoms with E-state index in [0.29, 0.717) is 52.8 Å². The summed E-state index contributed by atoms with van der Waals surface area (Å²) in [4.78, 5) is 12.5. The van der Waals surface area contributed by atoms with E-state index in [1.807, 2.05) is 32.9 Å². The van der Waals surface area contributed by atoms with Crippen LogP contribution in [0.4, 0.5) is 5.13 Å². The van der Waals surface area contributed by atoms with E-state index in [1.54, 1.807) is 30.3 Å². The van der Waals surface area contributed by atoms with E-state index in [2.05, 4.69) is 15.5 Å². The van der Waals surface area contributed by atoms with Gasteiger partial charge in [0.05, 0.1) is 6.61 Å². The van der Waals surface area contributed by atoms with Crippen molar-refractivity contribution in [3.8, 4) is 23.3 Å². The Balaban J connectivity index is 1.65. The van der Waals surface area contributed by atoms with Gasteiger partial charge in [0.2, 0.25) is 5.13 Å². The zero-order valence-electron chi connectivity index (χ0n) is 19.6. The number of halogens is 1. The number of carbonyl (C=O) groups is 1. The smallest absolute Gasteiger partial charge is 0.268 e. The molecule has 0 radical (unpaired) electrons. The minimum Gasteiger partial charge on any atom is -0.490 e. The van der Waals surface area contributed by atoms with Crippen molar-refractivity contribution in [1.82, 2.24) is 10.2 Å². The Labute approximate surface area is 213 Å². The van der Waals surface area contributed by atoms with E-state index in [4.69, 9.17) is 25.8 Å². The Morgan fingerprint density at radius 2 is 1.91 bits per heavy atom. The van der Waals surface area contributed by atoms with E-state index in [9.17, 15) is 10.1 Å². The topological polar surface area (TPSA) is 106 Å². The number of hydrogen-bond donors (Lipinski definition) is 1. The van der Waals surface area contributed by atoms with Crippen LogP contribution in [0, 0.1) is 18.3 Å². The van der Waals surface area contributed by atoms with Crippen LogP contribution in [0.1, 0.15) is 30.0 Å². The molecule has 2 aromatic carbocycles. The van der Waals surface area contributed by atoms with E-state index < -0.39 is 5.91 Å². The summed E-state index contributed by atoms with van der Waals surface area (Å²) in [5.74, 6) is 1.18. The molecule has 0 aliphatic rings. The fourth-order valence-electron chi connectivity index (χ4n) is 2.95. The minimum atomic E-state index is -0.556. The largest absolute Gasteiger partial charge is 0.490 e. The van der Waals surface area contributed by atoms with E-state index in [1.165, 1.54) is 17.4 Å². The highest BCUT2D eigenvalue weighted by Crippen LogP contribution is 2.30. The maximum atomic E-state index is 12.5. The lowest BCUT2D eigenvalue weighted by Crippen LogP contribution is -2.13. The molecule has 35 heavy (non-hydrogen) atoms. The van der Waals surface area contributed by atoms with Crippen molar-refractivity contribution in [3.05, 3.63) is 63.1 Å². The van der Waals surface area contributed by atoms with Crippen molar-refractivity contribution >= 4 is 40.1 Å². The number of nitrogens with zero attached hydrogens (tertiary/aromatic N) is 3. The van der Waals surface area contributed by atoms with Gasteiger partial charge < -0.3 is 14.2 Å². The second kappa shape index (κ2) is 12.7. The number of aryl methyl sites for hydroxylation is 2. The molecule has 1 heterocycles. The first-order valence-corrected chi connectivity index (χ1v) is 12.2. The Kier molecular flexibility index (Phi) is 9.47. The Morgan fingerprint density at radius 1 is 1.11 bits per heavy atom. The molecule has 1 aromatic heterocycles. The van der Waals surface area contributed by atoms with Crippen molar-refractivity contribution in [2.24, 2.45) is 0 Å². The molecule has 182 valence electrons. The first kappa shape index (κ1) is 26.0. The summed E-state index contributed by atoms with van der Waals surface area (Å²) in [5.41, 5.74) is 1.49. The molecule has 3 rings (SSSR count). The van der Waals surface area contributed by atoms with Gasteiger partial charge in [0, 0.05) is 5.02 Å². The molecule has 0 saturated heterocycles. The molecule has 8 nitrogen and oxygen atoms in total. The molecule has 0 bridgehead atoms. The summed E-state index contributed by atoms with van der Waals surface area (Å²) in [5, 5.41) is 21.8. The van der Waals surface area contributed by atoms with Gasteiger partial charge in [0.1, 0.15) is 35.6 Å². The van der Waals surface area contributed by atoms with Gasteiger partial charge in [-0.05, 0) is 67.8 Å². The molecule has 0 aliphatic carbocycles. The van der Waals surface area contributed by atoms with Crippen LogP contribution >= 0.6 is 22.9 Å². The van der Waals surface area contributed by atoms with Crippen molar-refractivity contribution in [1.29, 1.82) is 5.26 Å². The average Bonchev–Trinajstić information content (AvgIpc) is 3.31. The predicted molar refractivity (Wildman–Crippen MR) is 136 cm³/mol. The van der Waals surface area contributed by atoms with Crippen LogP contribution in [-0.2, 0) is 11.2 Å². The molecular weight excluding hydrogens is 488 g/mol. The summed E-state index contributed by atoms with van der Waals surface area (Å²) < 4.78 is 17.2. The van der Waals surface area contributed by atoms with Crippen LogP contribution in [-0.4, -0.2) is 35.9 Å². The van der Waals surface area contributed by atoms with Gasteiger partial charge in [0.15, 0.2) is 11.5 Å². The second-order valence-electron chi connectivity index (χ2n) is 7.23. The van der Waals surface area contributed by atoms with Crippen LogP contribution in [0.5, 0.6) is 17.2 Å². The number of carbonyl (C=O) groups excluding carboxylic acids is 1. The Bertz CT molecular complexity index is 1250. The summed E-state index contributed by atoms with van der Waals surface area (Å²) in [7, 11) is 0. The number of rotatable bonds is 11. The lowest BCUT2D eigenvalue weighted by molar-refractivity contribution is -0.112. The second-order valence-corrected chi connectivity index (χ2v) is 8.69. The molecule has 3 aromatic rings. The zero-order chi connectivity index (χ0) is 25.2. The summed E-state index contributed by atoms with van der Waals surface area (Å²) in [6, 6.07) is 12.6. The fraction of sp³-hybridized carbons (Fsp3) is 0.280. The standard InChI is InChI=1S/C25H25ClN4O4S/c1-4-23-29-30-25(35-23)28-24(31)18(15-27)13-17-6-9-21(22(14-17)32-5-2)34-11-10-33-19-7-8-20(26)16(3)12-19/h6-9,12-14H,4-5,10-11H2,1-3H3,(H,28,30,31)/b18-13-. The van der Waals surface area contributed by atoms with Gasteiger partial charge in [-0.25, -0.2) is 0 Å². The third-order valence-corrected chi connectivity index (χ3v) is 6.08. The molecule has 1 amide bonds. The maximum Gasteiger partial charge on any atom is 0.268 e. The summed E-state index contributed by atoms with van der Waals surface area (Å²) >= 11 is 7.31. The molecule has 0 atom stereocenters. The lowest BCUT2D eigenvalue weighted by Gasteiger charge is -2.13. The first-order chi connectivity index (χ1) is 16.9. The van der Waals surface area contributed by atoms with E-state index in [0.717, 1.165) is 17.0 Å². The van der Waals surface area contributed by atoms with Gasteiger partial charge in [0.25, 0.3) is 5.91 Å². The first-order valence-electron chi connectivity index (χ1n) is 11.0. The number of ether oxygens (including phenoxy) is 3. The van der Waals surface area contributed by atoms with Crippen molar-refractivity contribution in [3.63, 3.8) is 0 Å². The Morgan fingerprint density at radius 3 is 2.60 bits per heavy atom. The van der Waals surface area contributed by atoms with E-state index >= 15 is 0 Å². The molecule has 0 spiro atoms. The number of hydrogen-bond acceptors (Lipinski definition) is 8. The SMILES string of the molecule is CCOc1cc(/C=C(/C#N)C(=O)Nc2nnc(CC)s2)ccc1OCCOc1ccc(Cl)c(C)c1. The summed E-state index contributed by atoms with van der Waals surface area (Å²) in [6.07, 6.45) is 2.20. The molecule has 1 N–H and O–H groups in total. The normalized spacial score (nSPS) is 11.0. The van der Waals surface area contributed by atoms with Crippen LogP contribution in [0.15, 0.2) is 42.0 Å². The number of nitrogens with one attached hydrogen (secondary N) is 1. The molecule has 10 heteroatoms. The van der Waals surface area contributed by atoms with Gasteiger partial charge in [-0.15, -0.1) is 10.2 Å². The molecule has 0 unspecified atom stereocenters. The van der Waals surface area contributed by atoms with Crippen LogP contribution in [0.3, 0.4) is 0 Å². The molecule has 0 fully saturated rings. The van der Waals surface area contributed by atoms with Gasteiger partial charge >= 0.3 is 0 Å². The number of aromatic nitrogens is 2. The molecular formula is C25H25ClN4O4S. The van der Waals surface area contributed by atoms with Crippen LogP contribution < -0.4 is 19.5 Å². The maximum absolute atomic E-state index is 12.5. The Hall–Kier alpha value is -3.61. The quantitative estimate of drug-likeness (QED) is 0.206. The third kappa shape index (κ3) is 7.44. The van der Waals surface area contributed by atoms with Crippen molar-refractivity contribution in [2.45, 2.75) is 27.2 Å². The average molecular weight is 513 g/mol. The lowest BCUT2D eigenvalue weighted by atomic mass is 10.1. The fourth-order valence-corrected chi connectivity index (χ4v) is 3.74. The van der Waals surface area contributed by atoms with Gasteiger partial charge in [-0.3, -0.25) is 10.1 Å². The van der Waals surface area contributed by atoms with E-state index in [-0.39, 0.29) is 5.57 Å². The predicted octanol–water partition coefficient (Wildman–Crippen LogP) is 5.46. The van der Waals surface area contributed by atoms with Crippen LogP contribution in [0.25, 0.3) is 6.08 Å². The molecule has 0 aliphatic heterocycles. The van der Waals surface area contributed by atoms with Gasteiger partial charge in [-0.2, -0.15) is 5.26 Å². The molecule has 0 saturated carbocycles. The zero-order valence-corrected chi connectivity index (χ0v) is 21.2. The van der Waals surface area contributed by atoms with Crippen molar-refractivity contribution in [2.75, 3.05) is 25.1 Å². The number of anilines is 1. The van der Waals surface area contributed by atoms with Gasteiger partial charge in [-0.1, -0.05) is 35.9 Å².